The highest BCUT2D eigenvalue weighted by Gasteiger charge is 2.30. The van der Waals surface area contributed by atoms with Gasteiger partial charge in [-0.25, -0.2) is 0 Å². The molecule has 0 bridgehead atoms. The molecule has 1 unspecified atom stereocenters. The normalized spacial score (nSPS) is 11.5. The van der Waals surface area contributed by atoms with Crippen LogP contribution in [0.3, 0.4) is 0 Å². The molecule has 0 radical (unpaired) electrons. The molecule has 1 atom stereocenters. The second kappa shape index (κ2) is 6.48. The van der Waals surface area contributed by atoms with Gasteiger partial charge in [-0.15, -0.1) is 0 Å². The van der Waals surface area contributed by atoms with E-state index in [-0.39, 0.29) is 0 Å². The van der Waals surface area contributed by atoms with Crippen molar-refractivity contribution in [1.29, 1.82) is 0 Å². The van der Waals surface area contributed by atoms with E-state index >= 15 is 0 Å². The molecule has 0 aromatic heterocycles. The lowest BCUT2D eigenvalue weighted by Crippen LogP contribution is -2.38. The van der Waals surface area contributed by atoms with Crippen LogP contribution in [0.2, 0.25) is 0 Å². The maximum Gasteiger partial charge on any atom is 0.329 e. The van der Waals surface area contributed by atoms with Gasteiger partial charge in [-0.1, -0.05) is 30.3 Å². The molecule has 7 heteroatoms. The lowest BCUT2D eigenvalue weighted by atomic mass is 10.1. The van der Waals surface area contributed by atoms with Crippen molar-refractivity contribution in [3.8, 4) is 0 Å². The summed E-state index contributed by atoms with van der Waals surface area (Å²) in [6, 6.07) is 7.44. The van der Waals surface area contributed by atoms with E-state index in [0.717, 1.165) is 12.0 Å². The fraction of sp³-hybridized carbons (Fsp3) is 0.333. The Morgan fingerprint density at radius 3 is 2.32 bits per heavy atom. The van der Waals surface area contributed by atoms with E-state index in [9.17, 15) is 19.7 Å². The van der Waals surface area contributed by atoms with Gasteiger partial charge in [0.05, 0.1) is 0 Å². The molecule has 1 aromatic carbocycles. The van der Waals surface area contributed by atoms with Crippen LogP contribution in [0.1, 0.15) is 25.5 Å². The van der Waals surface area contributed by atoms with Crippen molar-refractivity contribution in [1.82, 2.24) is 5.06 Å². The lowest BCUT2D eigenvalue weighted by Gasteiger charge is -2.26. The Morgan fingerprint density at radius 2 is 1.89 bits per heavy atom. The zero-order valence-corrected chi connectivity index (χ0v) is 10.6. The molecule has 1 aromatic rings. The Labute approximate surface area is 109 Å². The average molecular weight is 266 g/mol. The van der Waals surface area contributed by atoms with Crippen LogP contribution in [0, 0.1) is 10.1 Å². The summed E-state index contributed by atoms with van der Waals surface area (Å²) >= 11 is 0. The number of hydrogen-bond donors (Lipinski definition) is 0. The Bertz CT molecular complexity index is 474. The maximum atomic E-state index is 11.5. The highest BCUT2D eigenvalue weighted by Crippen LogP contribution is 2.21. The lowest BCUT2D eigenvalue weighted by molar-refractivity contribution is -0.491. The zero-order valence-electron chi connectivity index (χ0n) is 10.6. The summed E-state index contributed by atoms with van der Waals surface area (Å²) in [5.41, 5.74) is 0.524. The average Bonchev–Trinajstić information content (AvgIpc) is 2.33. The predicted octanol–water partition coefficient (Wildman–Crippen LogP) is 1.33. The summed E-state index contributed by atoms with van der Waals surface area (Å²) in [4.78, 5) is 37.4. The number of benzene rings is 1. The number of carbonyl (C=O) groups excluding carboxylic acids is 2. The van der Waals surface area contributed by atoms with Crippen molar-refractivity contribution < 1.29 is 19.3 Å². The Balaban J connectivity index is 3.09. The van der Waals surface area contributed by atoms with E-state index in [4.69, 9.17) is 4.84 Å². The summed E-state index contributed by atoms with van der Waals surface area (Å²) in [7, 11) is 0. The third-order valence-electron chi connectivity index (χ3n) is 2.33. The number of nitrogens with zero attached hydrogens (tertiary/aromatic N) is 2. The summed E-state index contributed by atoms with van der Waals surface area (Å²) in [6.07, 6.45) is 0. The maximum absolute atomic E-state index is 11.5. The van der Waals surface area contributed by atoms with Crippen molar-refractivity contribution in [2.24, 2.45) is 0 Å². The number of hydroxylamine groups is 2. The fourth-order valence-corrected chi connectivity index (χ4v) is 1.62. The fourth-order valence-electron chi connectivity index (χ4n) is 1.62. The third kappa shape index (κ3) is 4.38. The summed E-state index contributed by atoms with van der Waals surface area (Å²) in [5, 5.41) is 11.5. The minimum atomic E-state index is -0.947. The number of carbonyl (C=O) groups is 2. The van der Waals surface area contributed by atoms with Gasteiger partial charge in [-0.05, 0) is 5.56 Å². The molecule has 0 heterocycles. The first kappa shape index (κ1) is 14.6. The van der Waals surface area contributed by atoms with E-state index in [1.807, 2.05) is 0 Å². The van der Waals surface area contributed by atoms with Gasteiger partial charge in [0.25, 0.3) is 5.91 Å². The van der Waals surface area contributed by atoms with Crippen molar-refractivity contribution in [3.63, 3.8) is 0 Å². The Morgan fingerprint density at radius 1 is 1.32 bits per heavy atom. The molecule has 0 aliphatic rings. The van der Waals surface area contributed by atoms with Gasteiger partial charge < -0.3 is 4.84 Å². The summed E-state index contributed by atoms with van der Waals surface area (Å²) < 4.78 is 0. The summed E-state index contributed by atoms with van der Waals surface area (Å²) in [5.74, 6) is -1.29. The molecule has 0 fully saturated rings. The van der Waals surface area contributed by atoms with Crippen molar-refractivity contribution >= 4 is 11.9 Å². The molecule has 7 nitrogen and oxygen atoms in total. The van der Waals surface area contributed by atoms with Crippen LogP contribution in [0.5, 0.6) is 0 Å². The van der Waals surface area contributed by atoms with E-state index in [2.05, 4.69) is 0 Å². The van der Waals surface area contributed by atoms with Crippen LogP contribution in [0.25, 0.3) is 0 Å². The molecule has 0 aliphatic carbocycles. The number of rotatable bonds is 4. The molecule has 1 rings (SSSR count). The first-order valence-corrected chi connectivity index (χ1v) is 5.57. The number of nitro groups is 1. The molecular formula is C12H14N2O5. The molecule has 0 saturated heterocycles. The molecular weight excluding hydrogens is 252 g/mol. The second-order valence-corrected chi connectivity index (χ2v) is 3.87. The van der Waals surface area contributed by atoms with E-state index < -0.39 is 29.4 Å². The van der Waals surface area contributed by atoms with Crippen molar-refractivity contribution in [2.45, 2.75) is 19.9 Å². The standard InChI is InChI=1S/C12H14N2O5/c1-9(15)14(19-10(2)16)12(8-13(17)18)11-6-4-3-5-7-11/h3-7,12H,8H2,1-2H3. The van der Waals surface area contributed by atoms with E-state index in [0.29, 0.717) is 5.56 Å². The molecule has 102 valence electrons. The first-order valence-electron chi connectivity index (χ1n) is 5.57. The summed E-state index contributed by atoms with van der Waals surface area (Å²) in [6.45, 7) is 1.76. The van der Waals surface area contributed by atoms with Gasteiger partial charge in [0.15, 0.2) is 6.04 Å². The van der Waals surface area contributed by atoms with E-state index in [1.54, 1.807) is 30.3 Å². The molecule has 0 aliphatic heterocycles. The molecule has 19 heavy (non-hydrogen) atoms. The van der Waals surface area contributed by atoms with Crippen LogP contribution in [0.15, 0.2) is 30.3 Å². The quantitative estimate of drug-likeness (QED) is 0.605. The molecule has 0 spiro atoms. The zero-order chi connectivity index (χ0) is 14.4. The number of hydrogen-bond acceptors (Lipinski definition) is 5. The topological polar surface area (TPSA) is 89.8 Å². The van der Waals surface area contributed by atoms with Gasteiger partial charge in [-0.3, -0.25) is 19.7 Å². The number of amides is 1. The van der Waals surface area contributed by atoms with Crippen molar-refractivity contribution in [2.75, 3.05) is 6.54 Å². The highest BCUT2D eigenvalue weighted by molar-refractivity contribution is 5.75. The van der Waals surface area contributed by atoms with Gasteiger partial charge in [0, 0.05) is 18.8 Å². The largest absolute Gasteiger partial charge is 0.338 e. The molecule has 0 N–H and O–H groups in total. The van der Waals surface area contributed by atoms with Crippen LogP contribution in [-0.4, -0.2) is 28.4 Å². The van der Waals surface area contributed by atoms with Crippen molar-refractivity contribution in [3.05, 3.63) is 46.0 Å². The molecule has 1 amide bonds. The Hall–Kier alpha value is -2.44. The monoisotopic (exact) mass is 266 g/mol. The first-order chi connectivity index (χ1) is 8.91. The van der Waals surface area contributed by atoms with E-state index in [1.165, 1.54) is 6.92 Å². The van der Waals surface area contributed by atoms with Gasteiger partial charge >= 0.3 is 5.97 Å². The van der Waals surface area contributed by atoms with Gasteiger partial charge in [0.1, 0.15) is 0 Å². The van der Waals surface area contributed by atoms with Gasteiger partial charge in [-0.2, -0.15) is 5.06 Å². The minimum Gasteiger partial charge on any atom is -0.338 e. The van der Waals surface area contributed by atoms with Crippen LogP contribution >= 0.6 is 0 Å². The Kier molecular flexibility index (Phi) is 4.99. The predicted molar refractivity (Wildman–Crippen MR) is 65.3 cm³/mol. The minimum absolute atomic E-state index is 0.524. The van der Waals surface area contributed by atoms with Gasteiger partial charge in [0.2, 0.25) is 6.54 Å². The molecule has 0 saturated carbocycles. The SMILES string of the molecule is CC(=O)ON(C(C)=O)C(C[N+](=O)[O-])c1ccccc1. The van der Waals surface area contributed by atoms with Crippen LogP contribution in [0.4, 0.5) is 0 Å². The van der Waals surface area contributed by atoms with Crippen LogP contribution < -0.4 is 0 Å². The third-order valence-corrected chi connectivity index (χ3v) is 2.33. The van der Waals surface area contributed by atoms with Crippen LogP contribution in [-0.2, 0) is 14.4 Å². The smallest absolute Gasteiger partial charge is 0.329 e. The highest BCUT2D eigenvalue weighted by atomic mass is 16.7. The second-order valence-electron chi connectivity index (χ2n) is 3.87.